The van der Waals surface area contributed by atoms with Crippen LogP contribution in [0, 0.1) is 52.3 Å². The monoisotopic (exact) mass is 228 g/mol. The Kier molecular flexibility index (Phi) is 1.19. The minimum absolute atomic E-state index is 0.936. The maximum atomic E-state index is 2.44. The van der Waals surface area contributed by atoms with E-state index in [1.54, 1.807) is 38.5 Å². The minimum atomic E-state index is 0.936. The van der Waals surface area contributed by atoms with Gasteiger partial charge in [0.1, 0.15) is 0 Å². The van der Waals surface area contributed by atoms with Crippen LogP contribution in [0.1, 0.15) is 51.9 Å². The summed E-state index contributed by atoms with van der Waals surface area (Å²) in [5.41, 5.74) is 1.90. The summed E-state index contributed by atoms with van der Waals surface area (Å²) in [5, 5.41) is 0. The summed E-state index contributed by atoms with van der Waals surface area (Å²) in [5.74, 6) is 8.66. The summed E-state index contributed by atoms with van der Waals surface area (Å²) in [6.45, 7) is 2.44. The lowest BCUT2D eigenvalue weighted by atomic mass is 9.66. The molecule has 0 amide bonds. The predicted molar refractivity (Wildman–Crippen MR) is 67.3 cm³/mol. The molecule has 9 unspecified atom stereocenters. The molecule has 17 heavy (non-hydrogen) atoms. The Hall–Kier alpha value is 0. The van der Waals surface area contributed by atoms with Gasteiger partial charge in [0.25, 0.3) is 0 Å². The van der Waals surface area contributed by atoms with Gasteiger partial charge >= 0.3 is 0 Å². The van der Waals surface area contributed by atoms with Crippen molar-refractivity contribution < 1.29 is 0 Å². The van der Waals surface area contributed by atoms with Crippen molar-refractivity contribution in [2.24, 2.45) is 52.3 Å². The van der Waals surface area contributed by atoms with E-state index in [9.17, 15) is 0 Å². The molecular weight excluding hydrogens is 204 g/mol. The van der Waals surface area contributed by atoms with Gasteiger partial charge in [-0.25, -0.2) is 0 Å². The molecular formula is C17H24. The second-order valence-electron chi connectivity index (χ2n) is 8.56. The Labute approximate surface area is 105 Å². The van der Waals surface area contributed by atoms with Crippen molar-refractivity contribution in [1.29, 1.82) is 0 Å². The second-order valence-corrected chi connectivity index (χ2v) is 8.56. The Morgan fingerprint density at radius 3 is 2.47 bits per heavy atom. The molecule has 6 aliphatic carbocycles. The van der Waals surface area contributed by atoms with E-state index in [-0.39, 0.29) is 0 Å². The zero-order valence-corrected chi connectivity index (χ0v) is 11.0. The topological polar surface area (TPSA) is 0 Å². The van der Waals surface area contributed by atoms with Crippen LogP contribution in [0.15, 0.2) is 0 Å². The standard InChI is InChI=1S/C17H24/c1-2-4-16-12-7-10(15(12)16)8-13(16)17-5-3-9-6-11(17)14(9)17/h9-15H,2-8H2,1H3. The molecule has 6 fully saturated rings. The maximum absolute atomic E-state index is 2.44. The third-order valence-electron chi connectivity index (χ3n) is 8.87. The van der Waals surface area contributed by atoms with Crippen LogP contribution in [-0.2, 0) is 0 Å². The van der Waals surface area contributed by atoms with E-state index in [1.165, 1.54) is 47.8 Å². The van der Waals surface area contributed by atoms with Crippen LogP contribution < -0.4 is 0 Å². The summed E-state index contributed by atoms with van der Waals surface area (Å²) in [6.07, 6.45) is 11.3. The fourth-order valence-electron chi connectivity index (χ4n) is 8.65. The molecule has 6 aliphatic rings. The first-order chi connectivity index (χ1) is 8.34. The molecule has 0 spiro atoms. The number of hydrogen-bond donors (Lipinski definition) is 0. The van der Waals surface area contributed by atoms with Crippen molar-refractivity contribution in [3.8, 4) is 0 Å². The van der Waals surface area contributed by atoms with Gasteiger partial charge in [0.05, 0.1) is 0 Å². The summed E-state index contributed by atoms with van der Waals surface area (Å²) < 4.78 is 0. The summed E-state index contributed by atoms with van der Waals surface area (Å²) in [6, 6.07) is 0. The van der Waals surface area contributed by atoms with Gasteiger partial charge in [-0.15, -0.1) is 0 Å². The smallest absolute Gasteiger partial charge is 0.0198 e. The quantitative estimate of drug-likeness (QED) is 0.682. The van der Waals surface area contributed by atoms with Crippen LogP contribution in [0.4, 0.5) is 0 Å². The molecule has 0 saturated heterocycles. The van der Waals surface area contributed by atoms with E-state index >= 15 is 0 Å². The summed E-state index contributed by atoms with van der Waals surface area (Å²) >= 11 is 0. The van der Waals surface area contributed by atoms with E-state index in [0.29, 0.717) is 0 Å². The lowest BCUT2D eigenvalue weighted by molar-refractivity contribution is 0.103. The fourth-order valence-corrected chi connectivity index (χ4v) is 8.65. The van der Waals surface area contributed by atoms with Crippen LogP contribution in [0.5, 0.6) is 0 Å². The van der Waals surface area contributed by atoms with E-state index in [2.05, 4.69) is 6.92 Å². The Bertz CT molecular complexity index is 424. The molecule has 0 bridgehead atoms. The zero-order chi connectivity index (χ0) is 11.0. The van der Waals surface area contributed by atoms with Gasteiger partial charge in [0.2, 0.25) is 0 Å². The first-order valence-electron chi connectivity index (χ1n) is 8.34. The molecule has 0 N–H and O–H groups in total. The van der Waals surface area contributed by atoms with Gasteiger partial charge < -0.3 is 0 Å². The van der Waals surface area contributed by atoms with Crippen LogP contribution in [-0.4, -0.2) is 0 Å². The molecule has 92 valence electrons. The first-order valence-corrected chi connectivity index (χ1v) is 8.34. The highest BCUT2D eigenvalue weighted by Gasteiger charge is 2.89. The van der Waals surface area contributed by atoms with Crippen molar-refractivity contribution in [1.82, 2.24) is 0 Å². The molecule has 0 aromatic carbocycles. The molecule has 6 rings (SSSR count). The maximum Gasteiger partial charge on any atom is -0.0198 e. The van der Waals surface area contributed by atoms with Crippen LogP contribution >= 0.6 is 0 Å². The number of rotatable bonds is 3. The van der Waals surface area contributed by atoms with E-state index in [1.807, 2.05) is 0 Å². The molecule has 0 aromatic rings. The van der Waals surface area contributed by atoms with E-state index < -0.39 is 0 Å². The first kappa shape index (κ1) is 8.99. The molecule has 6 saturated carbocycles. The molecule has 0 nitrogen and oxygen atoms in total. The number of fused-ring (bicyclic) bond motifs is 2. The molecule has 0 heterocycles. The average Bonchev–Trinajstić information content (AvgIpc) is 2.85. The Balaban J connectivity index is 1.43. The highest BCUT2D eigenvalue weighted by Crippen LogP contribution is 2.94. The lowest BCUT2D eigenvalue weighted by Crippen LogP contribution is -2.31. The highest BCUT2D eigenvalue weighted by molar-refractivity contribution is 5.36. The molecule has 0 aliphatic heterocycles. The van der Waals surface area contributed by atoms with Crippen molar-refractivity contribution in [2.45, 2.75) is 51.9 Å². The second kappa shape index (κ2) is 2.25. The highest BCUT2D eigenvalue weighted by atomic mass is 14.9. The van der Waals surface area contributed by atoms with Crippen LogP contribution in [0.3, 0.4) is 0 Å². The SMILES string of the molecule is CCCC12C3CC(CC1C14CCC5CC1C54)C32. The number of hydrogen-bond acceptors (Lipinski definition) is 0. The fraction of sp³-hybridized carbons (Fsp3) is 1.00. The van der Waals surface area contributed by atoms with E-state index in [0.717, 1.165) is 10.8 Å². The van der Waals surface area contributed by atoms with Crippen molar-refractivity contribution in [3.63, 3.8) is 0 Å². The van der Waals surface area contributed by atoms with Gasteiger partial charge in [-0.05, 0) is 90.8 Å². The zero-order valence-electron chi connectivity index (χ0n) is 11.0. The van der Waals surface area contributed by atoms with Crippen LogP contribution in [0.25, 0.3) is 0 Å². The molecule has 9 atom stereocenters. The van der Waals surface area contributed by atoms with Gasteiger partial charge in [0, 0.05) is 0 Å². The third kappa shape index (κ3) is 0.640. The van der Waals surface area contributed by atoms with Gasteiger partial charge in [-0.1, -0.05) is 13.3 Å². The summed E-state index contributed by atoms with van der Waals surface area (Å²) in [7, 11) is 0. The third-order valence-corrected chi connectivity index (χ3v) is 8.87. The van der Waals surface area contributed by atoms with Crippen LogP contribution in [0.2, 0.25) is 0 Å². The van der Waals surface area contributed by atoms with Gasteiger partial charge in [-0.2, -0.15) is 0 Å². The van der Waals surface area contributed by atoms with Gasteiger partial charge in [0.15, 0.2) is 0 Å². The molecule has 0 aromatic heterocycles. The average molecular weight is 228 g/mol. The predicted octanol–water partition coefficient (Wildman–Crippen LogP) is 4.10. The Morgan fingerprint density at radius 1 is 1.00 bits per heavy atom. The van der Waals surface area contributed by atoms with E-state index in [4.69, 9.17) is 0 Å². The molecule has 0 radical (unpaired) electrons. The van der Waals surface area contributed by atoms with Gasteiger partial charge in [-0.3, -0.25) is 0 Å². The van der Waals surface area contributed by atoms with Crippen molar-refractivity contribution in [2.75, 3.05) is 0 Å². The van der Waals surface area contributed by atoms with Crippen molar-refractivity contribution >= 4 is 0 Å². The van der Waals surface area contributed by atoms with Crippen molar-refractivity contribution in [3.05, 3.63) is 0 Å². The Morgan fingerprint density at radius 2 is 1.88 bits per heavy atom. The largest absolute Gasteiger partial charge is 0.0654 e. The lowest BCUT2D eigenvalue weighted by Gasteiger charge is -2.38. The summed E-state index contributed by atoms with van der Waals surface area (Å²) in [4.78, 5) is 0. The molecule has 0 heteroatoms. The minimum Gasteiger partial charge on any atom is -0.0654 e. The normalized spacial score (nSPS) is 75.7.